The van der Waals surface area contributed by atoms with Crippen LogP contribution in [0.4, 0.5) is 0 Å². The number of carbonyl (C=O) groups excluding carboxylic acids is 1. The zero-order chi connectivity index (χ0) is 31.8. The fourth-order valence-electron chi connectivity index (χ4n) is 6.64. The summed E-state index contributed by atoms with van der Waals surface area (Å²) in [4.78, 5) is 29.4. The number of methoxy groups -OCH3 is 2. The highest BCUT2D eigenvalue weighted by Crippen LogP contribution is 2.37. The van der Waals surface area contributed by atoms with Crippen LogP contribution < -0.4 is 14.2 Å². The minimum absolute atomic E-state index is 0. The predicted molar refractivity (Wildman–Crippen MR) is 187 cm³/mol. The van der Waals surface area contributed by atoms with Crippen molar-refractivity contribution in [2.75, 3.05) is 60.2 Å². The Morgan fingerprint density at radius 2 is 1.53 bits per heavy atom. The summed E-state index contributed by atoms with van der Waals surface area (Å²) in [5.74, 6) is 1.20. The third-order valence-electron chi connectivity index (χ3n) is 8.55. The van der Waals surface area contributed by atoms with E-state index in [9.17, 15) is 4.79 Å². The van der Waals surface area contributed by atoms with E-state index in [1.807, 2.05) is 25.7 Å². The predicted octanol–water partition coefficient (Wildman–Crippen LogP) is 5.08. The number of fused-ring (bicyclic) bond motifs is 1. The second kappa shape index (κ2) is 18.4. The van der Waals surface area contributed by atoms with Crippen molar-refractivity contribution in [1.82, 2.24) is 24.7 Å². The Hall–Kier alpha value is -3.15. The van der Waals surface area contributed by atoms with E-state index in [0.29, 0.717) is 51.0 Å². The van der Waals surface area contributed by atoms with Gasteiger partial charge in [-0.2, -0.15) is 9.97 Å². The van der Waals surface area contributed by atoms with Crippen molar-refractivity contribution in [1.29, 1.82) is 0 Å². The summed E-state index contributed by atoms with van der Waals surface area (Å²) in [7, 11) is 3.26. The number of nitrogens with zero attached hydrogens (tertiary/aromatic N) is 5. The van der Waals surface area contributed by atoms with Crippen molar-refractivity contribution in [3.63, 3.8) is 0 Å². The van der Waals surface area contributed by atoms with E-state index in [-0.39, 0.29) is 60.8 Å². The molecule has 258 valence electrons. The van der Waals surface area contributed by atoms with Crippen molar-refractivity contribution < 1.29 is 23.7 Å². The molecule has 2 aliphatic heterocycles. The highest BCUT2D eigenvalue weighted by atomic mass is 35.5. The Morgan fingerprint density at radius 3 is 2.11 bits per heavy atom. The van der Waals surface area contributed by atoms with Crippen LogP contribution in [-0.4, -0.2) is 109 Å². The molecule has 2 atom stereocenters. The number of benzene rings is 2. The largest absolute Gasteiger partial charge is 0.481 e. The molecule has 2 aromatic carbocycles. The Labute approximate surface area is 291 Å². The van der Waals surface area contributed by atoms with Crippen molar-refractivity contribution >= 4 is 30.7 Å². The van der Waals surface area contributed by atoms with E-state index >= 15 is 0 Å². The number of halogens is 2. The van der Waals surface area contributed by atoms with Gasteiger partial charge in [0.2, 0.25) is 17.7 Å². The number of piperazine rings is 2. The zero-order valence-corrected chi connectivity index (χ0v) is 29.7. The van der Waals surface area contributed by atoms with Crippen molar-refractivity contribution in [2.24, 2.45) is 0 Å². The van der Waals surface area contributed by atoms with E-state index in [0.717, 1.165) is 25.2 Å². The molecule has 2 unspecified atom stereocenters. The fourth-order valence-corrected chi connectivity index (χ4v) is 6.64. The molecule has 0 radical (unpaired) electrons. The molecule has 1 amide bonds. The van der Waals surface area contributed by atoms with Gasteiger partial charge in [-0.25, -0.2) is 0 Å². The third-order valence-corrected chi connectivity index (χ3v) is 8.55. The number of hydrogen-bond acceptors (Lipinski definition) is 9. The summed E-state index contributed by atoms with van der Waals surface area (Å²) in [5.41, 5.74) is 3.35. The van der Waals surface area contributed by atoms with Gasteiger partial charge in [-0.1, -0.05) is 60.7 Å². The smallest absolute Gasteiger partial charge is 0.323 e. The van der Waals surface area contributed by atoms with Crippen molar-refractivity contribution in [2.45, 2.75) is 57.8 Å². The van der Waals surface area contributed by atoms with Gasteiger partial charge in [0.1, 0.15) is 0 Å². The maximum atomic E-state index is 13.1. The molecular weight excluding hydrogens is 641 g/mol. The minimum Gasteiger partial charge on any atom is -0.481 e. The van der Waals surface area contributed by atoms with Crippen LogP contribution in [0.3, 0.4) is 0 Å². The highest BCUT2D eigenvalue weighted by Gasteiger charge is 2.43. The maximum absolute atomic E-state index is 13.1. The summed E-state index contributed by atoms with van der Waals surface area (Å²) in [6, 6.07) is 22.1. The van der Waals surface area contributed by atoms with Crippen LogP contribution in [-0.2, 0) is 16.1 Å². The summed E-state index contributed by atoms with van der Waals surface area (Å²) >= 11 is 0. The first-order chi connectivity index (χ1) is 21.9. The quantitative estimate of drug-likeness (QED) is 0.244. The van der Waals surface area contributed by atoms with Gasteiger partial charge < -0.3 is 23.8 Å². The number of ether oxygens (including phenoxy) is 4. The van der Waals surface area contributed by atoms with Crippen LogP contribution in [0.25, 0.3) is 0 Å². The van der Waals surface area contributed by atoms with E-state index in [1.54, 1.807) is 14.2 Å². The number of rotatable bonds is 13. The van der Waals surface area contributed by atoms with Gasteiger partial charge in [-0.15, -0.1) is 24.8 Å². The summed E-state index contributed by atoms with van der Waals surface area (Å²) < 4.78 is 22.9. The molecule has 10 nitrogen and oxygen atoms in total. The van der Waals surface area contributed by atoms with Crippen molar-refractivity contribution in [3.8, 4) is 17.8 Å². The maximum Gasteiger partial charge on any atom is 0.323 e. The number of amides is 1. The van der Waals surface area contributed by atoms with E-state index in [1.165, 1.54) is 11.1 Å². The highest BCUT2D eigenvalue weighted by molar-refractivity contribution is 5.85. The van der Waals surface area contributed by atoms with Crippen LogP contribution in [0.2, 0.25) is 0 Å². The van der Waals surface area contributed by atoms with Gasteiger partial charge in [0.05, 0.1) is 38.4 Å². The molecule has 0 N–H and O–H groups in total. The number of hydrogen-bond donors (Lipinski definition) is 0. The van der Waals surface area contributed by atoms with Crippen LogP contribution >= 0.6 is 24.8 Å². The molecule has 5 rings (SSSR count). The molecular formula is C35H49Cl2N5O5. The zero-order valence-electron chi connectivity index (χ0n) is 28.0. The van der Waals surface area contributed by atoms with Gasteiger partial charge in [0.15, 0.2) is 0 Å². The first kappa shape index (κ1) is 38.3. The standard InChI is InChI=1S/C35H47N5O5.2ClH/c1-6-44-35-36-33(43-5)29(34(37-35)45-25(2)3)23-38-21-28-22-39(31(41)17-20-42-4)18-19-40(28)30(24-38)32(26-13-9-7-10-14-26)27-15-11-8-12-16-27;;/h7-16,25,28,30,32H,6,17-24H2,1-5H3;2*1H. The second-order valence-electron chi connectivity index (χ2n) is 11.9. The molecule has 0 spiro atoms. The molecule has 3 aromatic rings. The van der Waals surface area contributed by atoms with Gasteiger partial charge in [0, 0.05) is 64.4 Å². The first-order valence-electron chi connectivity index (χ1n) is 16.0. The molecule has 2 saturated heterocycles. The molecule has 3 heterocycles. The van der Waals surface area contributed by atoms with Crippen molar-refractivity contribution in [3.05, 3.63) is 77.4 Å². The van der Waals surface area contributed by atoms with Gasteiger partial charge >= 0.3 is 6.01 Å². The average Bonchev–Trinajstić information content (AvgIpc) is 3.05. The van der Waals surface area contributed by atoms with E-state index < -0.39 is 0 Å². The van der Waals surface area contributed by atoms with Gasteiger partial charge in [0.25, 0.3) is 0 Å². The van der Waals surface area contributed by atoms with Gasteiger partial charge in [-0.05, 0) is 31.9 Å². The monoisotopic (exact) mass is 689 g/mol. The fraction of sp³-hybridized carbons (Fsp3) is 0.514. The molecule has 0 bridgehead atoms. The normalized spacial score (nSPS) is 18.2. The van der Waals surface area contributed by atoms with Gasteiger partial charge in [-0.3, -0.25) is 14.6 Å². The average molecular weight is 691 g/mol. The van der Waals surface area contributed by atoms with E-state index in [4.69, 9.17) is 18.9 Å². The Bertz CT molecular complexity index is 1350. The Balaban J connectivity index is 0.00000300. The van der Waals surface area contributed by atoms with Crippen LogP contribution in [0, 0.1) is 0 Å². The number of carbonyl (C=O) groups is 1. The Kier molecular flexibility index (Phi) is 15.0. The first-order valence-corrected chi connectivity index (χ1v) is 16.0. The van der Waals surface area contributed by atoms with E-state index in [2.05, 4.69) is 80.4 Å². The lowest BCUT2D eigenvalue weighted by molar-refractivity contribution is -0.137. The topological polar surface area (TPSA) is 89.5 Å². The molecule has 2 aliphatic rings. The lowest BCUT2D eigenvalue weighted by atomic mass is 9.81. The molecule has 47 heavy (non-hydrogen) atoms. The molecule has 12 heteroatoms. The second-order valence-corrected chi connectivity index (χ2v) is 11.9. The van der Waals surface area contributed by atoms with Crippen LogP contribution in [0.5, 0.6) is 17.8 Å². The molecule has 1 aromatic heterocycles. The molecule has 0 saturated carbocycles. The van der Waals surface area contributed by atoms with Crippen LogP contribution in [0.1, 0.15) is 49.8 Å². The molecule has 2 fully saturated rings. The Morgan fingerprint density at radius 1 is 0.894 bits per heavy atom. The number of aromatic nitrogens is 2. The third kappa shape index (κ3) is 9.48. The summed E-state index contributed by atoms with van der Waals surface area (Å²) in [6.45, 7) is 11.0. The summed E-state index contributed by atoms with van der Waals surface area (Å²) in [5, 5.41) is 0. The van der Waals surface area contributed by atoms with Crippen LogP contribution in [0.15, 0.2) is 60.7 Å². The lowest BCUT2D eigenvalue weighted by Gasteiger charge is -2.53. The lowest BCUT2D eigenvalue weighted by Crippen LogP contribution is -2.67. The minimum atomic E-state index is -0.0898. The molecule has 0 aliphatic carbocycles. The summed E-state index contributed by atoms with van der Waals surface area (Å²) in [6.07, 6.45) is 0.303. The SMILES string of the molecule is CCOc1nc(OC)c(CN2CC3CN(C(=O)CCOC)CCN3C(C(c3ccccc3)c3ccccc3)C2)c(OC(C)C)n1.Cl.Cl.